The van der Waals surface area contributed by atoms with Crippen LogP contribution < -0.4 is 5.32 Å². The first-order valence-corrected chi connectivity index (χ1v) is 7.25. The summed E-state index contributed by atoms with van der Waals surface area (Å²) in [7, 11) is 1.81. The molecule has 0 saturated heterocycles. The molecule has 0 atom stereocenters. The summed E-state index contributed by atoms with van der Waals surface area (Å²) in [6.45, 7) is 2.54. The van der Waals surface area contributed by atoms with Crippen LogP contribution in [-0.2, 0) is 19.9 Å². The summed E-state index contributed by atoms with van der Waals surface area (Å²) >= 11 is 5.95. The van der Waals surface area contributed by atoms with E-state index in [9.17, 15) is 4.79 Å². The summed E-state index contributed by atoms with van der Waals surface area (Å²) in [6.07, 6.45) is 3.99. The predicted octanol–water partition coefficient (Wildman–Crippen LogP) is 1.79. The van der Waals surface area contributed by atoms with E-state index in [0.717, 1.165) is 18.5 Å². The van der Waals surface area contributed by atoms with Crippen LogP contribution in [0.15, 0.2) is 18.5 Å². The second-order valence-corrected chi connectivity index (χ2v) is 5.15. The van der Waals surface area contributed by atoms with Gasteiger partial charge in [-0.2, -0.15) is 5.10 Å². The maximum absolute atomic E-state index is 12.1. The monoisotopic (exact) mass is 307 g/mol. The van der Waals surface area contributed by atoms with Gasteiger partial charge in [0, 0.05) is 31.3 Å². The van der Waals surface area contributed by atoms with E-state index in [1.165, 1.54) is 0 Å². The molecule has 0 radical (unpaired) electrons. The van der Waals surface area contributed by atoms with Crippen molar-refractivity contribution in [2.24, 2.45) is 7.05 Å². The van der Waals surface area contributed by atoms with Crippen LogP contribution in [0.5, 0.6) is 0 Å². The van der Waals surface area contributed by atoms with Gasteiger partial charge < -0.3 is 5.32 Å². The number of carbonyl (C=O) groups excluding carboxylic acids is 1. The zero-order chi connectivity index (χ0) is 15.2. The molecule has 0 unspecified atom stereocenters. The summed E-state index contributed by atoms with van der Waals surface area (Å²) in [5.41, 5.74) is 1.37. The fourth-order valence-electron chi connectivity index (χ4n) is 1.95. The fourth-order valence-corrected chi connectivity index (χ4v) is 2.18. The maximum atomic E-state index is 12.1. The quantitative estimate of drug-likeness (QED) is 0.826. The minimum atomic E-state index is -0.160. The minimum absolute atomic E-state index is 0.160. The number of pyridine rings is 1. The largest absolute Gasteiger partial charge is 0.352 e. The lowest BCUT2D eigenvalue weighted by molar-refractivity contribution is 0.0953. The molecule has 0 aliphatic carbocycles. The summed E-state index contributed by atoms with van der Waals surface area (Å²) in [5.74, 6) is 0.546. The number of aromatic nitrogens is 4. The van der Waals surface area contributed by atoms with Gasteiger partial charge in [-0.25, -0.2) is 9.97 Å². The highest BCUT2D eigenvalue weighted by Crippen LogP contribution is 2.12. The first-order chi connectivity index (χ1) is 10.1. The van der Waals surface area contributed by atoms with Gasteiger partial charge in [0.05, 0.1) is 0 Å². The molecule has 2 rings (SSSR count). The summed E-state index contributed by atoms with van der Waals surface area (Å²) in [4.78, 5) is 20.4. The van der Waals surface area contributed by atoms with Crippen LogP contribution in [-0.4, -0.2) is 32.2 Å². The Morgan fingerprint density at radius 2 is 2.19 bits per heavy atom. The zero-order valence-corrected chi connectivity index (χ0v) is 12.9. The highest BCUT2D eigenvalue weighted by molar-refractivity contribution is 6.29. The molecule has 21 heavy (non-hydrogen) atoms. The van der Waals surface area contributed by atoms with Crippen molar-refractivity contribution in [2.75, 3.05) is 6.54 Å². The van der Waals surface area contributed by atoms with Crippen LogP contribution >= 0.6 is 11.6 Å². The lowest BCUT2D eigenvalue weighted by atomic mass is 10.1. The topological polar surface area (TPSA) is 72.7 Å². The number of nitrogens with one attached hydrogen (secondary N) is 1. The Kier molecular flexibility index (Phi) is 5.27. The smallest absolute Gasteiger partial charge is 0.251 e. The fraction of sp³-hybridized carbons (Fsp3) is 0.429. The highest BCUT2D eigenvalue weighted by Gasteiger charge is 2.09. The SMILES string of the molecule is CCCc1cc(C(=O)NCCc2ncn(C)n2)cc(Cl)n1. The van der Waals surface area contributed by atoms with Gasteiger partial charge in [0.15, 0.2) is 5.82 Å². The van der Waals surface area contributed by atoms with Crippen LogP contribution in [0, 0.1) is 0 Å². The number of nitrogens with zero attached hydrogens (tertiary/aromatic N) is 4. The van der Waals surface area contributed by atoms with Crippen molar-refractivity contribution in [1.29, 1.82) is 0 Å². The third-order valence-corrected chi connectivity index (χ3v) is 3.09. The molecule has 0 aliphatic heterocycles. The maximum Gasteiger partial charge on any atom is 0.251 e. The highest BCUT2D eigenvalue weighted by atomic mass is 35.5. The second kappa shape index (κ2) is 7.17. The Hall–Kier alpha value is -1.95. The van der Waals surface area contributed by atoms with E-state index in [4.69, 9.17) is 11.6 Å². The molecule has 0 saturated carbocycles. The van der Waals surface area contributed by atoms with Crippen molar-refractivity contribution in [3.05, 3.63) is 40.7 Å². The third-order valence-electron chi connectivity index (χ3n) is 2.90. The van der Waals surface area contributed by atoms with Gasteiger partial charge in [-0.05, 0) is 18.6 Å². The van der Waals surface area contributed by atoms with E-state index in [2.05, 4.69) is 27.3 Å². The van der Waals surface area contributed by atoms with E-state index >= 15 is 0 Å². The van der Waals surface area contributed by atoms with Gasteiger partial charge in [0.1, 0.15) is 11.5 Å². The average molecular weight is 308 g/mol. The molecule has 6 nitrogen and oxygen atoms in total. The van der Waals surface area contributed by atoms with Gasteiger partial charge in [-0.1, -0.05) is 24.9 Å². The van der Waals surface area contributed by atoms with Crippen LogP contribution in [0.3, 0.4) is 0 Å². The van der Waals surface area contributed by atoms with Crippen molar-refractivity contribution in [3.8, 4) is 0 Å². The Morgan fingerprint density at radius 3 is 2.86 bits per heavy atom. The zero-order valence-electron chi connectivity index (χ0n) is 12.1. The normalized spacial score (nSPS) is 10.6. The average Bonchev–Trinajstić information content (AvgIpc) is 2.84. The van der Waals surface area contributed by atoms with Crippen molar-refractivity contribution in [3.63, 3.8) is 0 Å². The van der Waals surface area contributed by atoms with E-state index < -0.39 is 0 Å². The molecule has 0 aromatic carbocycles. The summed E-state index contributed by atoms with van der Waals surface area (Å²) < 4.78 is 1.64. The number of amides is 1. The standard InChI is InChI=1S/C14H18ClN5O/c1-3-4-11-7-10(8-12(15)18-11)14(21)16-6-5-13-17-9-20(2)19-13/h7-9H,3-6H2,1-2H3,(H,16,21). The Balaban J connectivity index is 1.93. The lowest BCUT2D eigenvalue weighted by Crippen LogP contribution is -2.26. The number of rotatable bonds is 6. The molecule has 1 N–H and O–H groups in total. The van der Waals surface area contributed by atoms with Crippen molar-refractivity contribution in [2.45, 2.75) is 26.2 Å². The van der Waals surface area contributed by atoms with Crippen LogP contribution in [0.25, 0.3) is 0 Å². The van der Waals surface area contributed by atoms with Gasteiger partial charge in [-0.3, -0.25) is 9.48 Å². The number of aryl methyl sites for hydroxylation is 2. The van der Waals surface area contributed by atoms with Gasteiger partial charge >= 0.3 is 0 Å². The van der Waals surface area contributed by atoms with Gasteiger partial charge in [0.25, 0.3) is 5.91 Å². The predicted molar refractivity (Wildman–Crippen MR) is 80.3 cm³/mol. The Bertz CT molecular complexity index is 626. The first kappa shape index (κ1) is 15.4. The van der Waals surface area contributed by atoms with Crippen molar-refractivity contribution >= 4 is 17.5 Å². The molecule has 7 heteroatoms. The van der Waals surface area contributed by atoms with Crippen LogP contribution in [0.1, 0.15) is 35.2 Å². The van der Waals surface area contributed by atoms with Crippen molar-refractivity contribution < 1.29 is 4.79 Å². The van der Waals surface area contributed by atoms with Crippen LogP contribution in [0.2, 0.25) is 5.15 Å². The molecule has 112 valence electrons. The van der Waals surface area contributed by atoms with E-state index in [1.54, 1.807) is 23.1 Å². The second-order valence-electron chi connectivity index (χ2n) is 4.76. The molecule has 0 fully saturated rings. The molecule has 1 amide bonds. The van der Waals surface area contributed by atoms with E-state index in [-0.39, 0.29) is 5.91 Å². The molecule has 2 aromatic rings. The summed E-state index contributed by atoms with van der Waals surface area (Å²) in [5, 5.41) is 7.34. The molecule has 0 bridgehead atoms. The molecule has 2 heterocycles. The van der Waals surface area contributed by atoms with Gasteiger partial charge in [0.2, 0.25) is 0 Å². The Morgan fingerprint density at radius 1 is 1.38 bits per heavy atom. The number of hydrogen-bond acceptors (Lipinski definition) is 4. The van der Waals surface area contributed by atoms with E-state index in [0.29, 0.717) is 29.5 Å². The molecular formula is C14H18ClN5O. The number of halogens is 1. The first-order valence-electron chi connectivity index (χ1n) is 6.87. The molecule has 0 aliphatic rings. The lowest BCUT2D eigenvalue weighted by Gasteiger charge is -2.06. The number of hydrogen-bond donors (Lipinski definition) is 1. The summed E-state index contributed by atoms with van der Waals surface area (Å²) in [6, 6.07) is 3.36. The van der Waals surface area contributed by atoms with Crippen LogP contribution in [0.4, 0.5) is 0 Å². The number of carbonyl (C=O) groups is 1. The third kappa shape index (κ3) is 4.53. The molecular weight excluding hydrogens is 290 g/mol. The van der Waals surface area contributed by atoms with Crippen molar-refractivity contribution in [1.82, 2.24) is 25.1 Å². The molecule has 0 spiro atoms. The van der Waals surface area contributed by atoms with E-state index in [1.807, 2.05) is 7.05 Å². The van der Waals surface area contributed by atoms with Gasteiger partial charge in [-0.15, -0.1) is 0 Å². The Labute approximate surface area is 128 Å². The molecule has 2 aromatic heterocycles. The minimum Gasteiger partial charge on any atom is -0.352 e.